The van der Waals surface area contributed by atoms with Crippen molar-refractivity contribution in [2.75, 3.05) is 0 Å². The minimum absolute atomic E-state index is 0.823. The van der Waals surface area contributed by atoms with E-state index in [0.717, 1.165) is 94.1 Å². The Bertz CT molecular complexity index is 3410. The van der Waals surface area contributed by atoms with Crippen LogP contribution in [0.5, 0.6) is 0 Å². The summed E-state index contributed by atoms with van der Waals surface area (Å²) in [5.74, 6) is 0.823. The lowest BCUT2D eigenvalue weighted by atomic mass is 10.1. The molecule has 242 valence electrons. The van der Waals surface area contributed by atoms with Crippen molar-refractivity contribution in [2.45, 2.75) is 0 Å². The molecule has 0 aliphatic rings. The maximum atomic E-state index is 6.32. The first-order valence-corrected chi connectivity index (χ1v) is 17.4. The highest BCUT2D eigenvalue weighted by Crippen LogP contribution is 2.42. The molecule has 0 amide bonds. The second-order valence-electron chi connectivity index (χ2n) is 13.4. The van der Waals surface area contributed by atoms with Crippen LogP contribution in [-0.4, -0.2) is 19.1 Å². The first kappa shape index (κ1) is 27.6. The Kier molecular flexibility index (Phi) is 5.41. The van der Waals surface area contributed by atoms with Crippen molar-refractivity contribution in [3.05, 3.63) is 158 Å². The van der Waals surface area contributed by atoms with Crippen LogP contribution in [0.3, 0.4) is 0 Å². The lowest BCUT2D eigenvalue weighted by molar-refractivity contribution is 0.669. The molecule has 0 bridgehead atoms. The zero-order valence-corrected chi connectivity index (χ0v) is 27.6. The third-order valence-corrected chi connectivity index (χ3v) is 10.6. The molecule has 0 N–H and O–H groups in total. The largest absolute Gasteiger partial charge is 0.456 e. The molecule has 0 saturated heterocycles. The second kappa shape index (κ2) is 10.2. The SMILES string of the molecule is c1ccc2c(c1)oc1ccc3c4ccccc4n(-c4ccc(-c5ccnc(-n6c7ccccc7c7ccc8oc9ccccc9c8c76)c5)nc4)c3c12. The molecule has 6 nitrogen and oxygen atoms in total. The average Bonchev–Trinajstić information content (AvgIpc) is 3.95. The number of hydrogen-bond donors (Lipinski definition) is 0. The number of fused-ring (bicyclic) bond motifs is 14. The van der Waals surface area contributed by atoms with E-state index in [0.29, 0.717) is 0 Å². The predicted octanol–water partition coefficient (Wildman–Crippen LogP) is 12.1. The maximum Gasteiger partial charge on any atom is 0.138 e. The fourth-order valence-corrected chi connectivity index (χ4v) is 8.43. The normalized spacial score (nSPS) is 12.2. The number of furan rings is 2. The van der Waals surface area contributed by atoms with E-state index in [-0.39, 0.29) is 0 Å². The zero-order valence-electron chi connectivity index (χ0n) is 27.6. The van der Waals surface area contributed by atoms with Crippen molar-refractivity contribution in [3.63, 3.8) is 0 Å². The van der Waals surface area contributed by atoms with Crippen LogP contribution < -0.4 is 0 Å². The van der Waals surface area contributed by atoms with Crippen LogP contribution in [0.4, 0.5) is 0 Å². The maximum absolute atomic E-state index is 6.32. The average molecular weight is 667 g/mol. The molecule has 0 aliphatic heterocycles. The van der Waals surface area contributed by atoms with Crippen molar-refractivity contribution in [2.24, 2.45) is 0 Å². The number of nitrogens with zero attached hydrogens (tertiary/aromatic N) is 4. The number of hydrogen-bond acceptors (Lipinski definition) is 4. The topological polar surface area (TPSA) is 61.9 Å². The minimum Gasteiger partial charge on any atom is -0.456 e. The van der Waals surface area contributed by atoms with Gasteiger partial charge in [-0.25, -0.2) is 4.98 Å². The Morgan fingerprint density at radius 2 is 0.981 bits per heavy atom. The van der Waals surface area contributed by atoms with Gasteiger partial charge in [0, 0.05) is 44.1 Å². The molecule has 52 heavy (non-hydrogen) atoms. The van der Waals surface area contributed by atoms with Gasteiger partial charge in [-0.2, -0.15) is 0 Å². The van der Waals surface area contributed by atoms with Gasteiger partial charge in [0.2, 0.25) is 0 Å². The summed E-state index contributed by atoms with van der Waals surface area (Å²) in [5, 5.41) is 9.10. The second-order valence-corrected chi connectivity index (χ2v) is 13.4. The highest BCUT2D eigenvalue weighted by Gasteiger charge is 2.21. The van der Waals surface area contributed by atoms with Crippen molar-refractivity contribution >= 4 is 87.5 Å². The molecule has 0 atom stereocenters. The van der Waals surface area contributed by atoms with Crippen LogP contribution in [0.15, 0.2) is 167 Å². The summed E-state index contributed by atoms with van der Waals surface area (Å²) in [6.45, 7) is 0. The first-order valence-electron chi connectivity index (χ1n) is 17.4. The Morgan fingerprint density at radius 1 is 0.423 bits per heavy atom. The van der Waals surface area contributed by atoms with Crippen LogP contribution in [0.1, 0.15) is 0 Å². The summed E-state index contributed by atoms with van der Waals surface area (Å²) < 4.78 is 17.2. The molecule has 12 rings (SSSR count). The van der Waals surface area contributed by atoms with Crippen LogP contribution in [0.25, 0.3) is 110 Å². The molecular weight excluding hydrogens is 641 g/mol. The fourth-order valence-electron chi connectivity index (χ4n) is 8.43. The van der Waals surface area contributed by atoms with Crippen LogP contribution in [0.2, 0.25) is 0 Å². The van der Waals surface area contributed by atoms with E-state index in [9.17, 15) is 0 Å². The highest BCUT2D eigenvalue weighted by molar-refractivity contribution is 6.25. The van der Waals surface area contributed by atoms with E-state index in [1.165, 1.54) is 16.2 Å². The Hall–Kier alpha value is -7.18. The van der Waals surface area contributed by atoms with Crippen LogP contribution in [-0.2, 0) is 0 Å². The van der Waals surface area contributed by atoms with Gasteiger partial charge in [0.25, 0.3) is 0 Å². The molecule has 6 aromatic heterocycles. The third kappa shape index (κ3) is 3.67. The molecule has 0 saturated carbocycles. The van der Waals surface area contributed by atoms with E-state index in [2.05, 4.69) is 124 Å². The zero-order chi connectivity index (χ0) is 33.9. The highest BCUT2D eigenvalue weighted by atomic mass is 16.3. The van der Waals surface area contributed by atoms with Crippen LogP contribution in [0, 0.1) is 0 Å². The van der Waals surface area contributed by atoms with Gasteiger partial charge < -0.3 is 13.4 Å². The summed E-state index contributed by atoms with van der Waals surface area (Å²) in [6, 6.07) is 50.6. The fraction of sp³-hybridized carbons (Fsp3) is 0. The van der Waals surface area contributed by atoms with Gasteiger partial charge in [-0.1, -0.05) is 72.8 Å². The first-order chi connectivity index (χ1) is 25.8. The Labute approximate surface area is 295 Å². The van der Waals surface area contributed by atoms with Gasteiger partial charge in [-0.3, -0.25) is 9.55 Å². The quantitative estimate of drug-likeness (QED) is 0.188. The van der Waals surface area contributed by atoms with Gasteiger partial charge in [0.1, 0.15) is 28.1 Å². The smallest absolute Gasteiger partial charge is 0.138 e. The van der Waals surface area contributed by atoms with Crippen molar-refractivity contribution in [3.8, 4) is 22.8 Å². The van der Waals surface area contributed by atoms with Gasteiger partial charge in [-0.15, -0.1) is 0 Å². The van der Waals surface area contributed by atoms with Crippen molar-refractivity contribution in [1.82, 2.24) is 19.1 Å². The molecule has 0 radical (unpaired) electrons. The number of aromatic nitrogens is 4. The molecular formula is C46H26N4O2. The Morgan fingerprint density at radius 3 is 1.60 bits per heavy atom. The van der Waals surface area contributed by atoms with Gasteiger partial charge >= 0.3 is 0 Å². The van der Waals surface area contributed by atoms with Gasteiger partial charge in [0.05, 0.1) is 50.4 Å². The lowest BCUT2D eigenvalue weighted by Gasteiger charge is -2.11. The summed E-state index contributed by atoms with van der Waals surface area (Å²) in [4.78, 5) is 10.0. The van der Waals surface area contributed by atoms with Crippen LogP contribution >= 0.6 is 0 Å². The third-order valence-electron chi connectivity index (χ3n) is 10.6. The van der Waals surface area contributed by atoms with E-state index in [1.807, 2.05) is 42.7 Å². The molecule has 0 aliphatic carbocycles. The molecule has 12 aromatic rings. The summed E-state index contributed by atoms with van der Waals surface area (Å²) in [6.07, 6.45) is 3.85. The van der Waals surface area contributed by atoms with Crippen molar-refractivity contribution in [1.29, 1.82) is 0 Å². The van der Waals surface area contributed by atoms with Crippen molar-refractivity contribution < 1.29 is 8.83 Å². The van der Waals surface area contributed by atoms with Gasteiger partial charge in [-0.05, 0) is 72.8 Å². The van der Waals surface area contributed by atoms with E-state index < -0.39 is 0 Å². The standard InChI is InChI=1S/C46H26N4O2/c1-5-13-36-29(9-1)31-18-21-40-43(33-11-3-7-15-38(33)51-40)45(31)49(36)28-17-20-35(48-26-28)27-23-24-47-42(25-27)50-37-14-6-2-10-30(37)32-19-22-41-44(46(32)50)34-12-4-8-16-39(34)52-41/h1-26H. The summed E-state index contributed by atoms with van der Waals surface area (Å²) in [7, 11) is 0. The van der Waals surface area contributed by atoms with E-state index in [4.69, 9.17) is 18.8 Å². The van der Waals surface area contributed by atoms with Gasteiger partial charge in [0.15, 0.2) is 0 Å². The molecule has 0 fully saturated rings. The number of pyridine rings is 2. The number of para-hydroxylation sites is 4. The Balaban J connectivity index is 1.05. The molecule has 0 spiro atoms. The minimum atomic E-state index is 0.823. The van der Waals surface area contributed by atoms with E-state index in [1.54, 1.807) is 0 Å². The lowest BCUT2D eigenvalue weighted by Crippen LogP contribution is -1.99. The summed E-state index contributed by atoms with van der Waals surface area (Å²) in [5.41, 5.74) is 10.7. The predicted molar refractivity (Wildman–Crippen MR) is 211 cm³/mol. The number of rotatable bonds is 3. The molecule has 0 unspecified atom stereocenters. The molecule has 6 aromatic carbocycles. The summed E-state index contributed by atoms with van der Waals surface area (Å²) >= 11 is 0. The molecule has 6 heteroatoms. The molecule has 6 heterocycles. The monoisotopic (exact) mass is 666 g/mol. The van der Waals surface area contributed by atoms with E-state index >= 15 is 0 Å². The number of benzene rings is 6.